The van der Waals surface area contributed by atoms with Gasteiger partial charge in [-0.3, -0.25) is 14.7 Å². The molecular weight excluding hydrogens is 308 g/mol. The molecule has 0 aromatic heterocycles. The van der Waals surface area contributed by atoms with Crippen molar-refractivity contribution in [3.05, 3.63) is 0 Å². The zero-order valence-corrected chi connectivity index (χ0v) is 17.5. The molecule has 0 spiro atoms. The molecule has 4 heterocycles. The molecule has 0 bridgehead atoms. The lowest BCUT2D eigenvalue weighted by Crippen LogP contribution is -2.69. The molecule has 1 atom stereocenters. The van der Waals surface area contributed by atoms with Crippen molar-refractivity contribution in [1.29, 1.82) is 0 Å². The summed E-state index contributed by atoms with van der Waals surface area (Å²) in [4.78, 5) is 10.7. The van der Waals surface area contributed by atoms with Crippen molar-refractivity contribution < 1.29 is 0 Å². The van der Waals surface area contributed by atoms with Crippen LogP contribution < -0.4 is 0 Å². The molecule has 0 aromatic rings. The van der Waals surface area contributed by atoms with Gasteiger partial charge in [0.2, 0.25) is 0 Å². The summed E-state index contributed by atoms with van der Waals surface area (Å²) < 4.78 is 0. The van der Waals surface area contributed by atoms with Crippen LogP contribution in [0.15, 0.2) is 0 Å². The zero-order chi connectivity index (χ0) is 18.0. The Hall–Kier alpha value is -0.160. The van der Waals surface area contributed by atoms with Gasteiger partial charge in [0.1, 0.15) is 0 Å². The predicted octanol–water partition coefficient (Wildman–Crippen LogP) is 2.21. The first kappa shape index (κ1) is 18.2. The Bertz CT molecular complexity index is 479. The summed E-state index contributed by atoms with van der Waals surface area (Å²) in [7, 11) is 2.30. The summed E-state index contributed by atoms with van der Waals surface area (Å²) in [6.07, 6.45) is 2.81. The third-order valence-corrected chi connectivity index (χ3v) is 7.75. The van der Waals surface area contributed by atoms with Crippen LogP contribution in [-0.2, 0) is 0 Å². The molecule has 4 heteroatoms. The maximum Gasteiger partial charge on any atom is 0.0351 e. The largest absolute Gasteiger partial charge is 0.303 e. The topological polar surface area (TPSA) is 13.0 Å². The Morgan fingerprint density at radius 3 is 1.96 bits per heavy atom. The summed E-state index contributed by atoms with van der Waals surface area (Å²) in [5.41, 5.74) is 0.748. The van der Waals surface area contributed by atoms with Gasteiger partial charge < -0.3 is 4.90 Å². The maximum absolute atomic E-state index is 2.76. The van der Waals surface area contributed by atoms with Crippen LogP contribution in [0.3, 0.4) is 0 Å². The predicted molar refractivity (Wildman–Crippen MR) is 105 cm³/mol. The van der Waals surface area contributed by atoms with Crippen molar-refractivity contribution in [1.82, 2.24) is 19.6 Å². The van der Waals surface area contributed by atoms with Crippen LogP contribution in [0, 0.1) is 11.8 Å². The SMILES string of the molecule is CN1CCC1C1CN(C(C)(C)CC2CN(C3CN(C(C)(C)C)C3)C2)C1. The Morgan fingerprint density at radius 2 is 1.48 bits per heavy atom. The van der Waals surface area contributed by atoms with Crippen molar-refractivity contribution in [2.45, 2.75) is 70.6 Å². The zero-order valence-electron chi connectivity index (χ0n) is 17.5. The van der Waals surface area contributed by atoms with E-state index in [2.05, 4.69) is 61.3 Å². The van der Waals surface area contributed by atoms with E-state index < -0.39 is 0 Å². The second kappa shape index (κ2) is 6.19. The molecule has 0 aromatic carbocycles. The van der Waals surface area contributed by atoms with E-state index in [9.17, 15) is 0 Å². The number of hydrogen-bond donors (Lipinski definition) is 0. The molecule has 4 aliphatic heterocycles. The minimum Gasteiger partial charge on any atom is -0.303 e. The van der Waals surface area contributed by atoms with Gasteiger partial charge in [0, 0.05) is 62.4 Å². The van der Waals surface area contributed by atoms with Gasteiger partial charge in [-0.15, -0.1) is 0 Å². The monoisotopic (exact) mass is 348 g/mol. The van der Waals surface area contributed by atoms with E-state index in [0.29, 0.717) is 11.1 Å². The smallest absolute Gasteiger partial charge is 0.0351 e. The van der Waals surface area contributed by atoms with E-state index in [1.54, 1.807) is 0 Å². The molecule has 0 radical (unpaired) electrons. The van der Waals surface area contributed by atoms with Crippen LogP contribution in [0.2, 0.25) is 0 Å². The van der Waals surface area contributed by atoms with Gasteiger partial charge in [0.15, 0.2) is 0 Å². The fourth-order valence-corrected chi connectivity index (χ4v) is 5.49. The van der Waals surface area contributed by atoms with E-state index in [-0.39, 0.29) is 0 Å². The van der Waals surface area contributed by atoms with E-state index in [4.69, 9.17) is 0 Å². The summed E-state index contributed by atoms with van der Waals surface area (Å²) in [5, 5.41) is 0. The number of hydrogen-bond acceptors (Lipinski definition) is 4. The molecular formula is C21H40N4. The summed E-state index contributed by atoms with van der Waals surface area (Å²) >= 11 is 0. The molecule has 4 rings (SSSR count). The van der Waals surface area contributed by atoms with Crippen molar-refractivity contribution in [2.24, 2.45) is 11.8 Å². The molecule has 4 saturated heterocycles. The lowest BCUT2D eigenvalue weighted by molar-refractivity contribution is -0.0939. The third kappa shape index (κ3) is 3.40. The Labute approximate surface area is 155 Å². The first-order valence-corrected chi connectivity index (χ1v) is 10.6. The van der Waals surface area contributed by atoms with Crippen LogP contribution in [0.4, 0.5) is 0 Å². The molecule has 25 heavy (non-hydrogen) atoms. The summed E-state index contributed by atoms with van der Waals surface area (Å²) in [5.74, 6) is 1.86. The molecule has 0 saturated carbocycles. The highest BCUT2D eigenvalue weighted by Crippen LogP contribution is 2.39. The van der Waals surface area contributed by atoms with Crippen LogP contribution in [-0.4, -0.2) is 95.6 Å². The lowest BCUT2D eigenvalue weighted by atomic mass is 9.77. The normalized spacial score (nSPS) is 32.2. The second-order valence-electron chi connectivity index (χ2n) is 11.1. The minimum atomic E-state index is 0.352. The van der Waals surface area contributed by atoms with Crippen molar-refractivity contribution in [2.75, 3.05) is 52.9 Å². The van der Waals surface area contributed by atoms with E-state index >= 15 is 0 Å². The van der Waals surface area contributed by atoms with Crippen molar-refractivity contribution in [3.8, 4) is 0 Å². The highest BCUT2D eigenvalue weighted by molar-refractivity contribution is 5.03. The van der Waals surface area contributed by atoms with Gasteiger partial charge in [-0.25, -0.2) is 0 Å². The van der Waals surface area contributed by atoms with Gasteiger partial charge in [-0.2, -0.15) is 0 Å². The summed E-state index contributed by atoms with van der Waals surface area (Å²) in [6.45, 7) is 21.2. The molecule has 0 aliphatic carbocycles. The first-order chi connectivity index (χ1) is 11.6. The lowest BCUT2D eigenvalue weighted by Gasteiger charge is -2.59. The quantitative estimate of drug-likeness (QED) is 0.755. The summed E-state index contributed by atoms with van der Waals surface area (Å²) in [6, 6.07) is 1.72. The molecule has 4 nitrogen and oxygen atoms in total. The van der Waals surface area contributed by atoms with Gasteiger partial charge in [0.25, 0.3) is 0 Å². The van der Waals surface area contributed by atoms with Crippen LogP contribution in [0.25, 0.3) is 0 Å². The van der Waals surface area contributed by atoms with Gasteiger partial charge >= 0.3 is 0 Å². The second-order valence-corrected chi connectivity index (χ2v) is 11.1. The molecule has 0 amide bonds. The molecule has 144 valence electrons. The number of likely N-dealkylation sites (tertiary alicyclic amines) is 4. The molecule has 1 unspecified atom stereocenters. The van der Waals surface area contributed by atoms with Crippen LogP contribution in [0.5, 0.6) is 0 Å². The molecule has 0 N–H and O–H groups in total. The molecule has 4 fully saturated rings. The average Bonchev–Trinajstić information content (AvgIpc) is 2.33. The Balaban J connectivity index is 1.16. The van der Waals surface area contributed by atoms with Crippen LogP contribution >= 0.6 is 0 Å². The number of nitrogens with zero attached hydrogens (tertiary/aromatic N) is 4. The standard InChI is InChI=1S/C21H40N4/c1-20(2,3)24-14-18(15-24)23-10-16(11-23)9-21(4,5)25-12-17(13-25)19-7-8-22(19)6/h16-19H,7-15H2,1-6H3. The first-order valence-electron chi connectivity index (χ1n) is 10.6. The van der Waals surface area contributed by atoms with Crippen LogP contribution in [0.1, 0.15) is 47.5 Å². The fourth-order valence-electron chi connectivity index (χ4n) is 5.49. The van der Waals surface area contributed by atoms with Crippen molar-refractivity contribution in [3.63, 3.8) is 0 Å². The van der Waals surface area contributed by atoms with E-state index in [0.717, 1.165) is 23.9 Å². The molecule has 4 aliphatic rings. The van der Waals surface area contributed by atoms with E-state index in [1.165, 1.54) is 58.7 Å². The van der Waals surface area contributed by atoms with Gasteiger partial charge in [-0.05, 0) is 72.9 Å². The minimum absolute atomic E-state index is 0.352. The Morgan fingerprint density at radius 1 is 0.840 bits per heavy atom. The van der Waals surface area contributed by atoms with Crippen molar-refractivity contribution >= 4 is 0 Å². The van der Waals surface area contributed by atoms with Gasteiger partial charge in [-0.1, -0.05) is 0 Å². The van der Waals surface area contributed by atoms with Gasteiger partial charge in [0.05, 0.1) is 0 Å². The Kier molecular flexibility index (Phi) is 4.51. The average molecular weight is 349 g/mol. The fraction of sp³-hybridized carbons (Fsp3) is 1.00. The number of rotatable bonds is 5. The van der Waals surface area contributed by atoms with E-state index in [1.807, 2.05) is 0 Å². The maximum atomic E-state index is 2.76. The highest BCUT2D eigenvalue weighted by Gasteiger charge is 2.47. The highest BCUT2D eigenvalue weighted by atomic mass is 15.4. The third-order valence-electron chi connectivity index (χ3n) is 7.75.